The summed E-state index contributed by atoms with van der Waals surface area (Å²) in [6, 6.07) is 1.48. The van der Waals surface area contributed by atoms with Crippen molar-refractivity contribution in [3.8, 4) is 0 Å². The first kappa shape index (κ1) is 9.66. The van der Waals surface area contributed by atoms with Crippen molar-refractivity contribution in [3.63, 3.8) is 0 Å². The summed E-state index contributed by atoms with van der Waals surface area (Å²) in [7, 11) is 0. The van der Waals surface area contributed by atoms with Crippen LogP contribution in [0, 0.1) is 0 Å². The van der Waals surface area contributed by atoms with Gasteiger partial charge in [0, 0.05) is 0 Å². The number of rotatable bonds is 3. The molecule has 0 bridgehead atoms. The molecular formula is C7H6ClN5O2. The number of hydrogen-bond acceptors (Lipinski definition) is 5. The Morgan fingerprint density at radius 3 is 3.13 bits per heavy atom. The van der Waals surface area contributed by atoms with Crippen molar-refractivity contribution in [2.45, 2.75) is 6.54 Å². The Bertz CT molecular complexity index is 452. The van der Waals surface area contributed by atoms with Crippen LogP contribution in [-0.4, -0.2) is 26.5 Å². The van der Waals surface area contributed by atoms with Gasteiger partial charge in [-0.1, -0.05) is 5.21 Å². The molecule has 2 aromatic rings. The first-order valence-electron chi connectivity index (χ1n) is 4.01. The van der Waals surface area contributed by atoms with Crippen LogP contribution < -0.4 is 5.32 Å². The van der Waals surface area contributed by atoms with Crippen LogP contribution in [-0.2, 0) is 6.54 Å². The fraction of sp³-hybridized carbons (Fsp3) is 0.143. The molecule has 8 heteroatoms. The summed E-state index contributed by atoms with van der Waals surface area (Å²) in [5.74, 6) is 0.0431. The Balaban J connectivity index is 1.96. The average Bonchev–Trinajstić information content (AvgIpc) is 2.84. The predicted molar refractivity (Wildman–Crippen MR) is 49.1 cm³/mol. The van der Waals surface area contributed by atoms with E-state index < -0.39 is 0 Å². The largest absolute Gasteiger partial charge is 0.452 e. The number of amides is 1. The van der Waals surface area contributed by atoms with Gasteiger partial charge in [-0.05, 0) is 17.7 Å². The minimum Gasteiger partial charge on any atom is -0.452 e. The zero-order valence-corrected chi connectivity index (χ0v) is 8.15. The number of carbonyl (C=O) groups is 1. The second-order valence-corrected chi connectivity index (χ2v) is 2.96. The summed E-state index contributed by atoms with van der Waals surface area (Å²) >= 11 is 5.62. The van der Waals surface area contributed by atoms with Gasteiger partial charge in [-0.25, -0.2) is 0 Å². The van der Waals surface area contributed by atoms with Crippen molar-refractivity contribution in [2.24, 2.45) is 0 Å². The molecule has 0 aliphatic rings. The highest BCUT2D eigenvalue weighted by Gasteiger charge is 2.12. The molecule has 0 fully saturated rings. The van der Waals surface area contributed by atoms with Crippen LogP contribution in [0.3, 0.4) is 0 Å². The molecule has 0 aliphatic heterocycles. The molecule has 2 rings (SSSR count). The van der Waals surface area contributed by atoms with Gasteiger partial charge in [-0.3, -0.25) is 4.79 Å². The van der Waals surface area contributed by atoms with Gasteiger partial charge in [0.1, 0.15) is 0 Å². The lowest BCUT2D eigenvalue weighted by atomic mass is 10.3. The molecular weight excluding hydrogens is 222 g/mol. The Morgan fingerprint density at radius 1 is 1.67 bits per heavy atom. The summed E-state index contributed by atoms with van der Waals surface area (Å²) in [6.45, 7) is 0.177. The molecule has 0 saturated heterocycles. The van der Waals surface area contributed by atoms with Gasteiger partial charge in [-0.15, -0.1) is 10.2 Å². The Hall–Kier alpha value is -1.89. The van der Waals surface area contributed by atoms with Gasteiger partial charge in [0.2, 0.25) is 5.22 Å². The van der Waals surface area contributed by atoms with E-state index in [2.05, 4.69) is 25.9 Å². The van der Waals surface area contributed by atoms with E-state index in [1.165, 1.54) is 12.3 Å². The predicted octanol–water partition coefficient (Wildman–Crippen LogP) is 0.376. The first-order valence-corrected chi connectivity index (χ1v) is 4.38. The summed E-state index contributed by atoms with van der Waals surface area (Å²) in [4.78, 5) is 11.5. The molecule has 15 heavy (non-hydrogen) atoms. The molecule has 0 aromatic carbocycles. The van der Waals surface area contributed by atoms with Crippen LogP contribution in [0.2, 0.25) is 5.22 Å². The SMILES string of the molecule is O=C(NCc1nn[nH]n1)c1ccoc1Cl. The number of H-pyrrole nitrogens is 1. The third-order valence-electron chi connectivity index (χ3n) is 1.66. The van der Waals surface area contributed by atoms with Crippen LogP contribution in [0.15, 0.2) is 16.7 Å². The molecule has 1 amide bonds. The topological polar surface area (TPSA) is 96.7 Å². The number of aromatic nitrogens is 4. The molecule has 78 valence electrons. The molecule has 2 aromatic heterocycles. The number of hydrogen-bond donors (Lipinski definition) is 2. The maximum Gasteiger partial charge on any atom is 0.256 e. The highest BCUT2D eigenvalue weighted by Crippen LogP contribution is 2.16. The van der Waals surface area contributed by atoms with Crippen molar-refractivity contribution in [3.05, 3.63) is 28.9 Å². The quantitative estimate of drug-likeness (QED) is 0.790. The van der Waals surface area contributed by atoms with E-state index >= 15 is 0 Å². The van der Waals surface area contributed by atoms with E-state index in [1.807, 2.05) is 0 Å². The molecule has 0 spiro atoms. The van der Waals surface area contributed by atoms with E-state index in [0.29, 0.717) is 5.82 Å². The summed E-state index contributed by atoms with van der Waals surface area (Å²) in [5, 5.41) is 15.6. The number of furan rings is 1. The zero-order chi connectivity index (χ0) is 10.7. The summed E-state index contributed by atoms with van der Waals surface area (Å²) in [5.41, 5.74) is 0.278. The number of nitrogens with one attached hydrogen (secondary N) is 2. The second-order valence-electron chi connectivity index (χ2n) is 2.62. The third-order valence-corrected chi connectivity index (χ3v) is 1.95. The highest BCUT2D eigenvalue weighted by molar-refractivity contribution is 6.32. The van der Waals surface area contributed by atoms with Crippen molar-refractivity contribution in [1.29, 1.82) is 0 Å². The Labute approximate surface area is 88.8 Å². The van der Waals surface area contributed by atoms with Gasteiger partial charge in [0.05, 0.1) is 18.4 Å². The van der Waals surface area contributed by atoms with Crippen molar-refractivity contribution in [1.82, 2.24) is 25.9 Å². The number of nitrogens with zero attached hydrogens (tertiary/aromatic N) is 3. The number of halogens is 1. The lowest BCUT2D eigenvalue weighted by molar-refractivity contribution is 0.0949. The van der Waals surface area contributed by atoms with Gasteiger partial charge in [0.15, 0.2) is 5.82 Å². The maximum atomic E-state index is 11.5. The highest BCUT2D eigenvalue weighted by atomic mass is 35.5. The van der Waals surface area contributed by atoms with Crippen LogP contribution in [0.4, 0.5) is 0 Å². The van der Waals surface area contributed by atoms with Crippen molar-refractivity contribution >= 4 is 17.5 Å². The van der Waals surface area contributed by atoms with E-state index in [0.717, 1.165) is 0 Å². The van der Waals surface area contributed by atoms with Crippen LogP contribution in [0.5, 0.6) is 0 Å². The van der Waals surface area contributed by atoms with E-state index in [4.69, 9.17) is 16.0 Å². The minimum absolute atomic E-state index is 0.0561. The molecule has 2 heterocycles. The van der Waals surface area contributed by atoms with Gasteiger partial charge in [0.25, 0.3) is 5.91 Å². The van der Waals surface area contributed by atoms with E-state index in [9.17, 15) is 4.79 Å². The normalized spacial score (nSPS) is 10.2. The average molecular weight is 228 g/mol. The van der Waals surface area contributed by atoms with Crippen molar-refractivity contribution in [2.75, 3.05) is 0 Å². The fourth-order valence-corrected chi connectivity index (χ4v) is 1.17. The summed E-state index contributed by atoms with van der Waals surface area (Å²) in [6.07, 6.45) is 1.34. The molecule has 0 saturated carbocycles. The maximum absolute atomic E-state index is 11.5. The Kier molecular flexibility index (Phi) is 2.64. The van der Waals surface area contributed by atoms with Crippen LogP contribution >= 0.6 is 11.6 Å². The van der Waals surface area contributed by atoms with Gasteiger partial charge < -0.3 is 9.73 Å². The van der Waals surface area contributed by atoms with Crippen LogP contribution in [0.25, 0.3) is 0 Å². The smallest absolute Gasteiger partial charge is 0.256 e. The molecule has 0 aliphatic carbocycles. The molecule has 0 radical (unpaired) electrons. The standard InChI is InChI=1S/C7H6ClN5O2/c8-6-4(1-2-15-6)7(14)9-3-5-10-12-13-11-5/h1-2H,3H2,(H,9,14)(H,10,11,12,13). The third kappa shape index (κ3) is 2.13. The lowest BCUT2D eigenvalue weighted by Gasteiger charge is -1.99. The second kappa shape index (κ2) is 4.09. The van der Waals surface area contributed by atoms with Crippen LogP contribution in [0.1, 0.15) is 16.2 Å². The number of carbonyl (C=O) groups excluding carboxylic acids is 1. The molecule has 7 nitrogen and oxygen atoms in total. The van der Waals surface area contributed by atoms with E-state index in [-0.39, 0.29) is 23.2 Å². The number of aromatic amines is 1. The number of tetrazole rings is 1. The zero-order valence-electron chi connectivity index (χ0n) is 7.40. The molecule has 0 atom stereocenters. The van der Waals surface area contributed by atoms with Crippen molar-refractivity contribution < 1.29 is 9.21 Å². The lowest BCUT2D eigenvalue weighted by Crippen LogP contribution is -2.23. The monoisotopic (exact) mass is 227 g/mol. The van der Waals surface area contributed by atoms with Gasteiger partial charge >= 0.3 is 0 Å². The first-order chi connectivity index (χ1) is 7.27. The van der Waals surface area contributed by atoms with Gasteiger partial charge in [-0.2, -0.15) is 5.21 Å². The molecule has 2 N–H and O–H groups in total. The minimum atomic E-state index is -0.349. The Morgan fingerprint density at radius 2 is 2.53 bits per heavy atom. The fourth-order valence-electron chi connectivity index (χ4n) is 0.968. The molecule has 0 unspecified atom stereocenters. The van der Waals surface area contributed by atoms with E-state index in [1.54, 1.807) is 0 Å². The summed E-state index contributed by atoms with van der Waals surface area (Å²) < 4.78 is 4.78.